The van der Waals surface area contributed by atoms with Gasteiger partial charge < -0.3 is 5.11 Å². The Kier molecular flexibility index (Phi) is 2.70. The molecule has 4 rings (SSSR count). The third-order valence-corrected chi connectivity index (χ3v) is 3.88. The molecule has 0 aromatic carbocycles. The zero-order valence-corrected chi connectivity index (χ0v) is 11.8. The van der Waals surface area contributed by atoms with Gasteiger partial charge in [-0.25, -0.2) is 9.97 Å². The molecule has 0 radical (unpaired) electrons. The molecule has 24 heavy (non-hydrogen) atoms. The number of nitrogens with zero attached hydrogens (tertiary/aromatic N) is 2. The highest BCUT2D eigenvalue weighted by Gasteiger charge is 2.26. The van der Waals surface area contributed by atoms with E-state index in [-0.39, 0.29) is 27.6 Å². The van der Waals surface area contributed by atoms with E-state index in [4.69, 9.17) is 0 Å². The number of carbonyl (C=O) groups is 1. The van der Waals surface area contributed by atoms with Gasteiger partial charge in [0.05, 0.1) is 16.1 Å². The van der Waals surface area contributed by atoms with E-state index in [1.54, 1.807) is 0 Å². The van der Waals surface area contributed by atoms with Crippen LogP contribution in [-0.2, 0) is 0 Å². The quantitative estimate of drug-likeness (QED) is 0.482. The standard InChI is InChI=1S/C16H6N2O6/c19-6-3-4-7(20)10-9(6)12-13(16(24)15(10)23)17-5-1-2-8(21)14(22)11(5)18-12/h1-4,8,21H. The van der Waals surface area contributed by atoms with Crippen molar-refractivity contribution in [1.82, 2.24) is 9.97 Å². The number of carbonyl (C=O) groups excluding carboxylic acids is 1. The molecule has 8 heteroatoms. The maximum absolute atomic E-state index is 12.2. The summed E-state index contributed by atoms with van der Waals surface area (Å²) in [7, 11) is 0. The van der Waals surface area contributed by atoms with E-state index in [2.05, 4.69) is 9.97 Å². The van der Waals surface area contributed by atoms with Crippen LogP contribution >= 0.6 is 0 Å². The van der Waals surface area contributed by atoms with Gasteiger partial charge in [-0.3, -0.25) is 24.0 Å². The highest BCUT2D eigenvalue weighted by molar-refractivity contribution is 6.05. The van der Waals surface area contributed by atoms with Crippen LogP contribution in [-0.4, -0.2) is 27.0 Å². The highest BCUT2D eigenvalue weighted by Crippen LogP contribution is 2.18. The van der Waals surface area contributed by atoms with Crippen molar-refractivity contribution >= 4 is 22.9 Å². The van der Waals surface area contributed by atoms with Crippen molar-refractivity contribution in [2.45, 2.75) is 6.10 Å². The van der Waals surface area contributed by atoms with Crippen LogP contribution in [0.1, 0.15) is 16.2 Å². The number of Topliss-reactive ketones (excluding diaryl/α,β-unsaturated/α-hetero) is 1. The second kappa shape index (κ2) is 4.56. The minimum atomic E-state index is -1.41. The number of aliphatic hydroxyl groups is 1. The lowest BCUT2D eigenvalue weighted by Crippen LogP contribution is -2.33. The fourth-order valence-corrected chi connectivity index (χ4v) is 2.73. The van der Waals surface area contributed by atoms with Crippen molar-refractivity contribution in [1.29, 1.82) is 0 Å². The maximum Gasteiger partial charge on any atom is 0.254 e. The molecule has 0 bridgehead atoms. The van der Waals surface area contributed by atoms with Gasteiger partial charge >= 0.3 is 0 Å². The van der Waals surface area contributed by atoms with Crippen molar-refractivity contribution in [3.63, 3.8) is 0 Å². The summed E-state index contributed by atoms with van der Waals surface area (Å²) in [6, 6.07) is 1.87. The van der Waals surface area contributed by atoms with Crippen LogP contribution in [0.2, 0.25) is 0 Å². The van der Waals surface area contributed by atoms with Crippen LogP contribution in [0.4, 0.5) is 0 Å². The molecule has 116 valence electrons. The second-order valence-electron chi connectivity index (χ2n) is 5.29. The Bertz CT molecular complexity index is 1370. The maximum atomic E-state index is 12.2. The number of hydrogen-bond donors (Lipinski definition) is 1. The van der Waals surface area contributed by atoms with Crippen LogP contribution in [0.15, 0.2) is 37.4 Å². The molecule has 1 N–H and O–H groups in total. The van der Waals surface area contributed by atoms with E-state index in [0.717, 1.165) is 12.1 Å². The average Bonchev–Trinajstić information content (AvgIpc) is 2.57. The zero-order valence-electron chi connectivity index (χ0n) is 11.8. The number of fused-ring (bicyclic) bond motifs is 3. The van der Waals surface area contributed by atoms with E-state index < -0.39 is 38.8 Å². The molecule has 0 saturated carbocycles. The smallest absolute Gasteiger partial charge is 0.254 e. The van der Waals surface area contributed by atoms with Gasteiger partial charge in [0.2, 0.25) is 11.2 Å². The molecule has 3 aliphatic carbocycles. The molecule has 1 heterocycles. The number of ketones is 1. The topological polar surface area (TPSA) is 131 Å². The Morgan fingerprint density at radius 3 is 2.21 bits per heavy atom. The van der Waals surface area contributed by atoms with Gasteiger partial charge in [-0.1, -0.05) is 0 Å². The van der Waals surface area contributed by atoms with Gasteiger partial charge in [-0.05, 0) is 24.3 Å². The van der Waals surface area contributed by atoms with Gasteiger partial charge in [-0.15, -0.1) is 0 Å². The lowest BCUT2D eigenvalue weighted by atomic mass is 10.0. The third kappa shape index (κ3) is 1.68. The number of rotatable bonds is 0. The van der Waals surface area contributed by atoms with Crippen molar-refractivity contribution in [3.8, 4) is 0 Å². The second-order valence-corrected chi connectivity index (χ2v) is 5.29. The van der Waals surface area contributed by atoms with Crippen LogP contribution in [0.3, 0.4) is 0 Å². The Balaban J connectivity index is 2.41. The monoisotopic (exact) mass is 322 g/mol. The largest absolute Gasteiger partial charge is 0.381 e. The van der Waals surface area contributed by atoms with Gasteiger partial charge in [-0.2, -0.15) is 0 Å². The number of aliphatic hydroxyl groups excluding tert-OH is 1. The van der Waals surface area contributed by atoms with Crippen molar-refractivity contribution in [2.24, 2.45) is 0 Å². The van der Waals surface area contributed by atoms with Crippen molar-refractivity contribution in [3.05, 3.63) is 80.9 Å². The minimum absolute atomic E-state index is 0.0133. The molecule has 1 atom stereocenters. The van der Waals surface area contributed by atoms with Crippen molar-refractivity contribution in [2.75, 3.05) is 0 Å². The number of hydrogen-bond acceptors (Lipinski definition) is 8. The molecule has 0 amide bonds. The Labute approximate surface area is 130 Å². The van der Waals surface area contributed by atoms with Crippen LogP contribution in [0.25, 0.3) is 17.1 Å². The predicted octanol–water partition coefficient (Wildman–Crippen LogP) is -1.76. The van der Waals surface area contributed by atoms with Crippen molar-refractivity contribution < 1.29 is 9.90 Å². The summed E-state index contributed by atoms with van der Waals surface area (Å²) in [5.74, 6) is -0.751. The molecule has 3 aliphatic rings. The lowest BCUT2D eigenvalue weighted by molar-refractivity contribution is 0.0812. The molecule has 0 aliphatic heterocycles. The first-order chi connectivity index (χ1) is 11.4. The van der Waals surface area contributed by atoms with E-state index in [1.165, 1.54) is 12.2 Å². The normalized spacial score (nSPS) is 16.7. The Morgan fingerprint density at radius 2 is 1.50 bits per heavy atom. The average molecular weight is 322 g/mol. The molecule has 0 saturated heterocycles. The van der Waals surface area contributed by atoms with Gasteiger partial charge in [0.25, 0.3) is 5.43 Å². The molecular weight excluding hydrogens is 316 g/mol. The van der Waals surface area contributed by atoms with Gasteiger partial charge in [0.15, 0.2) is 10.9 Å². The van der Waals surface area contributed by atoms with E-state index in [1.807, 2.05) is 0 Å². The Morgan fingerprint density at radius 1 is 0.833 bits per heavy atom. The van der Waals surface area contributed by atoms with Gasteiger partial charge in [0, 0.05) is 0 Å². The number of aromatic nitrogens is 2. The first kappa shape index (κ1) is 14.2. The zero-order chi connectivity index (χ0) is 17.2. The summed E-state index contributed by atoms with van der Waals surface area (Å²) in [6.45, 7) is 0. The summed E-state index contributed by atoms with van der Waals surface area (Å²) >= 11 is 0. The lowest BCUT2D eigenvalue weighted by Gasteiger charge is -2.12. The molecule has 1 aromatic heterocycles. The van der Waals surface area contributed by atoms with E-state index in [9.17, 15) is 29.1 Å². The molecule has 1 aromatic rings. The summed E-state index contributed by atoms with van der Waals surface area (Å²) < 4.78 is 0. The SMILES string of the molecule is O=C1c2nc3c4c(=O)ccc(=O)c=4c(=O)c(=O)c3nc2C=CC1O. The van der Waals surface area contributed by atoms with E-state index >= 15 is 0 Å². The highest BCUT2D eigenvalue weighted by atomic mass is 16.3. The molecule has 1 unspecified atom stereocenters. The molecule has 0 spiro atoms. The summed E-state index contributed by atoms with van der Waals surface area (Å²) in [4.78, 5) is 68.4. The molecule has 8 nitrogen and oxygen atoms in total. The van der Waals surface area contributed by atoms with Gasteiger partial charge in [0.1, 0.15) is 22.8 Å². The first-order valence-electron chi connectivity index (χ1n) is 6.83. The fourth-order valence-electron chi connectivity index (χ4n) is 2.73. The van der Waals surface area contributed by atoms with Crippen LogP contribution in [0.5, 0.6) is 0 Å². The summed E-state index contributed by atoms with van der Waals surface area (Å²) in [5, 5.41) is 8.68. The Hall–Kier alpha value is -3.39. The predicted molar refractivity (Wildman–Crippen MR) is 81.7 cm³/mol. The molecule has 0 fully saturated rings. The molecular formula is C16H6N2O6. The van der Waals surface area contributed by atoms with E-state index in [0.29, 0.717) is 0 Å². The van der Waals surface area contributed by atoms with Crippen LogP contribution < -0.4 is 21.7 Å². The first-order valence-corrected chi connectivity index (χ1v) is 6.83. The minimum Gasteiger partial charge on any atom is -0.381 e. The summed E-state index contributed by atoms with van der Waals surface area (Å²) in [5.41, 5.74) is -4.54. The third-order valence-electron chi connectivity index (χ3n) is 3.88. The summed E-state index contributed by atoms with van der Waals surface area (Å²) in [6.07, 6.45) is 1.05. The fraction of sp³-hybridized carbons (Fsp3) is 0.0625. The van der Waals surface area contributed by atoms with Crippen LogP contribution in [0, 0.1) is 10.4 Å².